The van der Waals surface area contributed by atoms with E-state index >= 15 is 0 Å². The summed E-state index contributed by atoms with van der Waals surface area (Å²) in [6, 6.07) is 0.393. The van der Waals surface area contributed by atoms with Crippen molar-refractivity contribution in [2.24, 2.45) is 5.41 Å². The number of hydrogen-bond acceptors (Lipinski definition) is 3. The SMILES string of the molecule is CCCNC(c1cnnn1CCC)C1(C)CCCCC1. The maximum Gasteiger partial charge on any atom is 0.0762 e. The highest BCUT2D eigenvalue weighted by atomic mass is 15.4. The van der Waals surface area contributed by atoms with Crippen molar-refractivity contribution in [3.63, 3.8) is 0 Å². The van der Waals surface area contributed by atoms with Gasteiger partial charge in [0.2, 0.25) is 0 Å². The molecule has 1 aliphatic rings. The van der Waals surface area contributed by atoms with Crippen LogP contribution in [0.25, 0.3) is 0 Å². The van der Waals surface area contributed by atoms with Crippen LogP contribution in [-0.2, 0) is 6.54 Å². The molecule has 1 heterocycles. The van der Waals surface area contributed by atoms with Gasteiger partial charge in [0.1, 0.15) is 0 Å². The van der Waals surface area contributed by atoms with Crippen LogP contribution in [0, 0.1) is 5.41 Å². The van der Waals surface area contributed by atoms with Gasteiger partial charge >= 0.3 is 0 Å². The topological polar surface area (TPSA) is 42.7 Å². The molecule has 0 spiro atoms. The third-order valence-electron chi connectivity index (χ3n) is 4.67. The zero-order valence-electron chi connectivity index (χ0n) is 13.4. The van der Waals surface area contributed by atoms with Crippen molar-refractivity contribution in [2.75, 3.05) is 6.54 Å². The molecule has 1 N–H and O–H groups in total. The summed E-state index contributed by atoms with van der Waals surface area (Å²) in [7, 11) is 0. The van der Waals surface area contributed by atoms with Crippen molar-refractivity contribution < 1.29 is 0 Å². The number of aromatic nitrogens is 3. The Labute approximate surface area is 123 Å². The maximum atomic E-state index is 4.29. The van der Waals surface area contributed by atoms with E-state index in [9.17, 15) is 0 Å². The Morgan fingerprint density at radius 2 is 2.00 bits per heavy atom. The van der Waals surface area contributed by atoms with Gasteiger partial charge in [0, 0.05) is 6.54 Å². The van der Waals surface area contributed by atoms with Gasteiger partial charge in [-0.1, -0.05) is 45.2 Å². The highest BCUT2D eigenvalue weighted by molar-refractivity contribution is 5.09. The lowest BCUT2D eigenvalue weighted by atomic mass is 9.69. The fraction of sp³-hybridized carbons (Fsp3) is 0.875. The van der Waals surface area contributed by atoms with Crippen LogP contribution in [0.3, 0.4) is 0 Å². The first-order valence-corrected chi connectivity index (χ1v) is 8.33. The van der Waals surface area contributed by atoms with Crippen LogP contribution >= 0.6 is 0 Å². The quantitative estimate of drug-likeness (QED) is 0.827. The lowest BCUT2D eigenvalue weighted by Gasteiger charge is -2.41. The van der Waals surface area contributed by atoms with Crippen molar-refractivity contribution in [2.45, 2.75) is 78.3 Å². The maximum absolute atomic E-state index is 4.29. The molecule has 1 atom stereocenters. The van der Waals surface area contributed by atoms with Crippen LogP contribution in [0.15, 0.2) is 6.20 Å². The highest BCUT2D eigenvalue weighted by Crippen LogP contribution is 2.45. The molecular weight excluding hydrogens is 248 g/mol. The zero-order valence-corrected chi connectivity index (χ0v) is 13.4. The molecule has 1 saturated carbocycles. The lowest BCUT2D eigenvalue weighted by molar-refractivity contribution is 0.138. The molecule has 0 aliphatic heterocycles. The van der Waals surface area contributed by atoms with E-state index in [2.05, 4.69) is 41.1 Å². The van der Waals surface area contributed by atoms with Crippen molar-refractivity contribution in [1.29, 1.82) is 0 Å². The molecule has 114 valence electrons. The van der Waals surface area contributed by atoms with Crippen LogP contribution in [0.2, 0.25) is 0 Å². The van der Waals surface area contributed by atoms with Gasteiger partial charge in [0.15, 0.2) is 0 Å². The summed E-state index contributed by atoms with van der Waals surface area (Å²) in [5, 5.41) is 12.2. The number of rotatable bonds is 7. The number of nitrogens with one attached hydrogen (secondary N) is 1. The van der Waals surface area contributed by atoms with E-state index in [1.807, 2.05) is 6.20 Å². The van der Waals surface area contributed by atoms with Gasteiger partial charge in [-0.3, -0.25) is 0 Å². The minimum absolute atomic E-state index is 0.348. The van der Waals surface area contributed by atoms with Gasteiger partial charge in [0.25, 0.3) is 0 Å². The Morgan fingerprint density at radius 1 is 1.25 bits per heavy atom. The van der Waals surface area contributed by atoms with Gasteiger partial charge in [-0.05, 0) is 37.6 Å². The second-order valence-electron chi connectivity index (χ2n) is 6.48. The molecule has 2 rings (SSSR count). The zero-order chi connectivity index (χ0) is 14.4. The van der Waals surface area contributed by atoms with Crippen molar-refractivity contribution in [3.8, 4) is 0 Å². The van der Waals surface area contributed by atoms with Crippen LogP contribution < -0.4 is 5.32 Å². The molecule has 0 amide bonds. The molecule has 1 aromatic rings. The van der Waals surface area contributed by atoms with E-state index in [1.165, 1.54) is 44.2 Å². The largest absolute Gasteiger partial charge is 0.308 e. The second-order valence-corrected chi connectivity index (χ2v) is 6.48. The summed E-state index contributed by atoms with van der Waals surface area (Å²) in [4.78, 5) is 0. The summed E-state index contributed by atoms with van der Waals surface area (Å²) >= 11 is 0. The Balaban J connectivity index is 2.23. The van der Waals surface area contributed by atoms with Gasteiger partial charge < -0.3 is 5.32 Å². The fourth-order valence-electron chi connectivity index (χ4n) is 3.52. The first-order chi connectivity index (χ1) is 9.71. The molecule has 1 aliphatic carbocycles. The summed E-state index contributed by atoms with van der Waals surface area (Å²) < 4.78 is 2.10. The molecule has 0 saturated heterocycles. The molecule has 4 nitrogen and oxygen atoms in total. The highest BCUT2D eigenvalue weighted by Gasteiger charge is 2.37. The van der Waals surface area contributed by atoms with Gasteiger partial charge in [-0.25, -0.2) is 4.68 Å². The van der Waals surface area contributed by atoms with Crippen molar-refractivity contribution >= 4 is 0 Å². The van der Waals surface area contributed by atoms with Crippen LogP contribution in [0.4, 0.5) is 0 Å². The number of hydrogen-bond donors (Lipinski definition) is 1. The molecule has 20 heavy (non-hydrogen) atoms. The Morgan fingerprint density at radius 3 is 2.65 bits per heavy atom. The van der Waals surface area contributed by atoms with Crippen molar-refractivity contribution in [1.82, 2.24) is 20.3 Å². The fourth-order valence-corrected chi connectivity index (χ4v) is 3.52. The third-order valence-corrected chi connectivity index (χ3v) is 4.67. The first-order valence-electron chi connectivity index (χ1n) is 8.33. The minimum atomic E-state index is 0.348. The summed E-state index contributed by atoms with van der Waals surface area (Å²) in [6.07, 6.45) is 11.0. The van der Waals surface area contributed by atoms with Crippen LogP contribution in [-0.4, -0.2) is 21.5 Å². The van der Waals surface area contributed by atoms with E-state index in [1.54, 1.807) is 0 Å². The normalized spacial score (nSPS) is 19.9. The molecule has 4 heteroatoms. The van der Waals surface area contributed by atoms with E-state index in [0.29, 0.717) is 11.5 Å². The Hall–Kier alpha value is -0.900. The Kier molecular flexibility index (Phi) is 5.58. The third kappa shape index (κ3) is 3.40. The molecule has 1 fully saturated rings. The van der Waals surface area contributed by atoms with Crippen LogP contribution in [0.5, 0.6) is 0 Å². The first kappa shape index (κ1) is 15.5. The van der Waals surface area contributed by atoms with Crippen LogP contribution in [0.1, 0.15) is 77.5 Å². The van der Waals surface area contributed by atoms with E-state index in [-0.39, 0.29) is 0 Å². The van der Waals surface area contributed by atoms with Crippen molar-refractivity contribution in [3.05, 3.63) is 11.9 Å². The van der Waals surface area contributed by atoms with E-state index in [4.69, 9.17) is 0 Å². The molecule has 1 unspecified atom stereocenters. The van der Waals surface area contributed by atoms with E-state index in [0.717, 1.165) is 19.5 Å². The average molecular weight is 278 g/mol. The lowest BCUT2D eigenvalue weighted by Crippen LogP contribution is -2.39. The predicted molar refractivity (Wildman–Crippen MR) is 82.5 cm³/mol. The predicted octanol–water partition coefficient (Wildman–Crippen LogP) is 3.70. The number of nitrogens with zero attached hydrogens (tertiary/aromatic N) is 3. The standard InChI is InChI=1S/C16H30N4/c1-4-11-17-15(16(3)9-7-6-8-10-16)14-13-18-19-20(14)12-5-2/h13,15,17H,4-12H2,1-3H3. The summed E-state index contributed by atoms with van der Waals surface area (Å²) in [6.45, 7) is 8.91. The summed E-state index contributed by atoms with van der Waals surface area (Å²) in [5.74, 6) is 0. The van der Waals surface area contributed by atoms with Gasteiger partial charge in [-0.15, -0.1) is 5.10 Å². The Bertz CT molecular complexity index is 393. The molecular formula is C16H30N4. The monoisotopic (exact) mass is 278 g/mol. The van der Waals surface area contributed by atoms with E-state index < -0.39 is 0 Å². The summed E-state index contributed by atoms with van der Waals surface area (Å²) in [5.41, 5.74) is 1.63. The molecule has 0 bridgehead atoms. The molecule has 0 aromatic carbocycles. The van der Waals surface area contributed by atoms with Gasteiger partial charge in [0.05, 0.1) is 17.9 Å². The smallest absolute Gasteiger partial charge is 0.0762 e. The number of aryl methyl sites for hydroxylation is 1. The van der Waals surface area contributed by atoms with Gasteiger partial charge in [-0.2, -0.15) is 0 Å². The minimum Gasteiger partial charge on any atom is -0.308 e. The molecule has 1 aromatic heterocycles. The molecule has 0 radical (unpaired) electrons. The second kappa shape index (κ2) is 7.21. The average Bonchev–Trinajstić information content (AvgIpc) is 2.88.